The van der Waals surface area contributed by atoms with Gasteiger partial charge in [0.1, 0.15) is 23.9 Å². The highest BCUT2D eigenvalue weighted by molar-refractivity contribution is 6.31. The topological polar surface area (TPSA) is 228 Å². The van der Waals surface area contributed by atoms with E-state index in [2.05, 4.69) is 37.0 Å². The van der Waals surface area contributed by atoms with Crippen molar-refractivity contribution in [3.8, 4) is 28.3 Å². The molecule has 2 heterocycles. The molecule has 5 aromatic rings. The third-order valence-corrected chi connectivity index (χ3v) is 8.14. The number of nitrogens with zero attached hydrogens (tertiary/aromatic N) is 8. The number of unbranched alkanes of at least 4 members (excludes halogenated alkanes) is 2. The maximum Gasteiger partial charge on any atom is 0.510 e. The van der Waals surface area contributed by atoms with Crippen molar-refractivity contribution in [2.45, 2.75) is 58.9 Å². The van der Waals surface area contributed by atoms with Crippen molar-refractivity contribution >= 4 is 24.0 Å². The van der Waals surface area contributed by atoms with Gasteiger partial charge in [0.05, 0.1) is 20.3 Å². The number of rotatable bonds is 20. The Balaban J connectivity index is 0.000000453. The van der Waals surface area contributed by atoms with Crippen LogP contribution in [0.4, 0.5) is 4.79 Å². The molecule has 0 fully saturated rings. The minimum atomic E-state index is -0.926. The Bertz CT molecular complexity index is 2060. The molecule has 0 aliphatic rings. The lowest BCUT2D eigenvalue weighted by molar-refractivity contribution is -0.763. The van der Waals surface area contributed by atoms with Gasteiger partial charge < -0.3 is 28.5 Å². The van der Waals surface area contributed by atoms with Crippen molar-refractivity contribution in [2.24, 2.45) is 0 Å². The monoisotopic (exact) mass is 794 g/mol. The smallest absolute Gasteiger partial charge is 0.497 e. The van der Waals surface area contributed by atoms with Crippen LogP contribution in [0, 0.1) is 20.2 Å². The summed E-state index contributed by atoms with van der Waals surface area (Å²) in [6.45, 7) is 2.14. The van der Waals surface area contributed by atoms with Crippen LogP contribution in [-0.2, 0) is 45.5 Å². The molecular weight excluding hydrogens is 756 g/mol. The van der Waals surface area contributed by atoms with Gasteiger partial charge in [-0.25, -0.2) is 9.78 Å². The minimum absolute atomic E-state index is 0.0243. The fourth-order valence-corrected chi connectivity index (χ4v) is 5.39. The first-order valence-electron chi connectivity index (χ1n) is 17.3. The molecule has 3 aromatic carbocycles. The van der Waals surface area contributed by atoms with Crippen molar-refractivity contribution in [2.75, 3.05) is 20.3 Å². The van der Waals surface area contributed by atoms with Gasteiger partial charge >= 0.3 is 6.16 Å². The van der Waals surface area contributed by atoms with E-state index in [9.17, 15) is 29.8 Å². The molecule has 56 heavy (non-hydrogen) atoms. The normalized spacial score (nSPS) is 10.5. The average Bonchev–Trinajstić information content (AvgIpc) is 3.80. The number of carbonyl (C=O) groups excluding carboxylic acids is 2. The minimum Gasteiger partial charge on any atom is -0.497 e. The summed E-state index contributed by atoms with van der Waals surface area (Å²) >= 11 is 6.22. The second kappa shape index (κ2) is 21.9. The summed E-state index contributed by atoms with van der Waals surface area (Å²) in [5.74, 6) is 1.78. The average molecular weight is 795 g/mol. The van der Waals surface area contributed by atoms with Gasteiger partial charge in [0.15, 0.2) is 11.4 Å². The van der Waals surface area contributed by atoms with Crippen LogP contribution in [-0.4, -0.2) is 72.7 Å². The fraction of sp³-hybridized carbons (Fsp3) is 0.333. The van der Waals surface area contributed by atoms with E-state index in [0.717, 1.165) is 58.4 Å². The van der Waals surface area contributed by atoms with Crippen molar-refractivity contribution in [3.63, 3.8) is 0 Å². The number of carbonyl (C=O) groups is 2. The van der Waals surface area contributed by atoms with Crippen LogP contribution in [0.3, 0.4) is 0 Å². The molecule has 2 aromatic heterocycles. The third kappa shape index (κ3) is 13.0. The van der Waals surface area contributed by atoms with Crippen LogP contribution in [0.2, 0.25) is 5.15 Å². The summed E-state index contributed by atoms with van der Waals surface area (Å²) in [5.41, 5.74) is 4.58. The number of aryl methyl sites for hydroxylation is 1. The summed E-state index contributed by atoms with van der Waals surface area (Å²) in [4.78, 5) is 57.4. The summed E-state index contributed by atoms with van der Waals surface area (Å²) < 4.78 is 16.7. The number of imidazole rings is 1. The second-order valence-electron chi connectivity index (χ2n) is 11.7. The first-order chi connectivity index (χ1) is 27.1. The Kier molecular flexibility index (Phi) is 16.5. The van der Waals surface area contributed by atoms with Crippen LogP contribution in [0.15, 0.2) is 72.8 Å². The van der Waals surface area contributed by atoms with Gasteiger partial charge in [0.2, 0.25) is 12.6 Å². The van der Waals surface area contributed by atoms with Gasteiger partial charge in [0, 0.05) is 18.5 Å². The number of aromatic nitrogens is 6. The molecule has 0 unspecified atom stereocenters. The zero-order valence-corrected chi connectivity index (χ0v) is 31.3. The number of methoxy groups -OCH3 is 1. The highest BCUT2D eigenvalue weighted by atomic mass is 35.5. The fourth-order valence-electron chi connectivity index (χ4n) is 5.14. The van der Waals surface area contributed by atoms with Crippen molar-refractivity contribution in [1.29, 1.82) is 0 Å². The SMILES string of the molecule is CCCCc1nc(Cl)c(C=O)n1Cc1ccc(-c2ccccc2-c2nnn(COC(=O)OCCCCO[N+](=O)[O-])n2)cc1.COc1cccc(CO[N+](=O)[O-])c1. The lowest BCUT2D eigenvalue weighted by Gasteiger charge is -2.11. The van der Waals surface area contributed by atoms with Gasteiger partial charge in [-0.05, 0) is 58.9 Å². The number of hydrogen-bond acceptors (Lipinski definition) is 15. The molecule has 0 bridgehead atoms. The summed E-state index contributed by atoms with van der Waals surface area (Å²) in [7, 11) is 1.54. The quantitative estimate of drug-likeness (QED) is 0.0267. The zero-order chi connectivity index (χ0) is 40.3. The maximum absolute atomic E-state index is 11.8. The summed E-state index contributed by atoms with van der Waals surface area (Å²) in [6, 6.07) is 22.4. The molecule has 0 amide bonds. The zero-order valence-electron chi connectivity index (χ0n) is 30.5. The number of ether oxygens (including phenoxy) is 3. The van der Waals surface area contributed by atoms with Crippen molar-refractivity contribution in [3.05, 3.63) is 121 Å². The van der Waals surface area contributed by atoms with Crippen LogP contribution in [0.1, 0.15) is 60.0 Å². The Morgan fingerprint density at radius 3 is 2.32 bits per heavy atom. The van der Waals surface area contributed by atoms with E-state index in [-0.39, 0.29) is 31.7 Å². The number of aldehydes is 1. The van der Waals surface area contributed by atoms with E-state index in [0.29, 0.717) is 42.2 Å². The van der Waals surface area contributed by atoms with E-state index in [1.54, 1.807) is 24.3 Å². The Morgan fingerprint density at radius 2 is 1.62 bits per heavy atom. The second-order valence-corrected chi connectivity index (χ2v) is 12.1. The van der Waals surface area contributed by atoms with E-state index in [1.807, 2.05) is 53.1 Å². The van der Waals surface area contributed by atoms with Gasteiger partial charge in [-0.15, -0.1) is 35.2 Å². The summed E-state index contributed by atoms with van der Waals surface area (Å²) in [5, 5.41) is 30.9. The molecule has 0 saturated carbocycles. The molecule has 5 rings (SSSR count). The number of halogens is 1. The first-order valence-corrected chi connectivity index (χ1v) is 17.6. The van der Waals surface area contributed by atoms with Crippen LogP contribution in [0.5, 0.6) is 5.75 Å². The molecule has 20 heteroatoms. The van der Waals surface area contributed by atoms with E-state index in [4.69, 9.17) is 25.8 Å². The van der Waals surface area contributed by atoms with E-state index in [1.165, 1.54) is 7.11 Å². The molecule has 296 valence electrons. The lowest BCUT2D eigenvalue weighted by atomic mass is 9.98. The Hall–Kier alpha value is -6.63. The van der Waals surface area contributed by atoms with E-state index >= 15 is 0 Å². The predicted octanol–water partition coefficient (Wildman–Crippen LogP) is 6.56. The van der Waals surface area contributed by atoms with Crippen molar-refractivity contribution < 1.29 is 43.6 Å². The number of tetrazole rings is 1. The van der Waals surface area contributed by atoms with Gasteiger partial charge in [-0.2, -0.15) is 0 Å². The Labute approximate surface area is 325 Å². The van der Waals surface area contributed by atoms with Crippen LogP contribution < -0.4 is 4.74 Å². The largest absolute Gasteiger partial charge is 0.510 e. The predicted molar refractivity (Wildman–Crippen MR) is 198 cm³/mol. The molecule has 0 spiro atoms. The first kappa shape index (κ1) is 42.1. The molecule has 0 aliphatic carbocycles. The molecule has 0 aliphatic heterocycles. The third-order valence-electron chi connectivity index (χ3n) is 7.86. The van der Waals surface area contributed by atoms with Gasteiger partial charge in [0.25, 0.3) is 10.2 Å². The Morgan fingerprint density at radius 1 is 0.893 bits per heavy atom. The number of hydrogen-bond donors (Lipinski definition) is 0. The maximum atomic E-state index is 11.8. The lowest BCUT2D eigenvalue weighted by Crippen LogP contribution is -2.14. The molecular formula is C36H39ClN8O11. The van der Waals surface area contributed by atoms with E-state index < -0.39 is 16.3 Å². The standard InChI is InChI=1S/C28H30ClN7O7.C8H9NO4/c1-2-3-10-25-30-26(29)24(18-37)34(25)17-20-11-13-21(14-12-20)22-8-4-5-9-23(22)27-31-33-35(32-27)19-42-28(38)41-15-6-7-16-43-36(39)40;1-12-8-4-2-3-7(5-8)6-13-9(10)11/h4-5,8-9,11-14,18H,2-3,6-7,10,15-17,19H2,1H3;2-5H,6H2,1H3. The molecule has 19 nitrogen and oxygen atoms in total. The van der Waals surface area contributed by atoms with Crippen LogP contribution >= 0.6 is 11.6 Å². The molecule has 0 atom stereocenters. The molecule has 0 radical (unpaired) electrons. The molecule has 0 N–H and O–H groups in total. The van der Waals surface area contributed by atoms with Gasteiger partial charge in [-0.1, -0.05) is 85.6 Å². The molecule has 0 saturated heterocycles. The highest BCUT2D eigenvalue weighted by Gasteiger charge is 2.17. The summed E-state index contributed by atoms with van der Waals surface area (Å²) in [6.07, 6.45) is 3.23. The highest BCUT2D eigenvalue weighted by Crippen LogP contribution is 2.30. The number of benzene rings is 3. The van der Waals surface area contributed by atoms with Gasteiger partial charge in [-0.3, -0.25) is 4.79 Å². The van der Waals surface area contributed by atoms with Crippen molar-refractivity contribution in [1.82, 2.24) is 29.8 Å². The van der Waals surface area contributed by atoms with Crippen LogP contribution in [0.25, 0.3) is 22.5 Å².